The third kappa shape index (κ3) is 6.69. The Balaban J connectivity index is 1.53. The molecule has 11 heteroatoms. The molecule has 2 atom stereocenters. The Bertz CT molecular complexity index is 1230. The van der Waals surface area contributed by atoms with E-state index in [9.17, 15) is 28.8 Å². The molecule has 2 aromatic carbocycles. The SMILES string of the molecule is [CH3][Sn]([CH3])([O]C(=O)C(Cc1ccccc1)N1C(=O)C=CC1=O)[O]C(=O)C(Cc1ccccc1)N1C(=O)C=CC1=O. The van der Waals surface area contributed by atoms with Crippen molar-refractivity contribution in [2.24, 2.45) is 0 Å². The second-order valence-electron chi connectivity index (χ2n) is 9.41. The van der Waals surface area contributed by atoms with Crippen molar-refractivity contribution in [3.8, 4) is 0 Å². The molecule has 2 unspecified atom stereocenters. The predicted octanol–water partition coefficient (Wildman–Crippen LogP) is 1.85. The van der Waals surface area contributed by atoms with E-state index in [1.165, 1.54) is 9.88 Å². The second kappa shape index (κ2) is 11.8. The number of benzene rings is 2. The molecule has 10 nitrogen and oxygen atoms in total. The van der Waals surface area contributed by atoms with Crippen molar-refractivity contribution in [1.29, 1.82) is 0 Å². The van der Waals surface area contributed by atoms with Crippen molar-refractivity contribution in [2.75, 3.05) is 0 Å². The van der Waals surface area contributed by atoms with Crippen molar-refractivity contribution >= 4 is 54.8 Å². The number of amides is 4. The van der Waals surface area contributed by atoms with E-state index in [1.807, 2.05) is 0 Å². The molecule has 0 aromatic heterocycles. The first-order chi connectivity index (χ1) is 18.6. The van der Waals surface area contributed by atoms with Gasteiger partial charge in [-0.3, -0.25) is 0 Å². The van der Waals surface area contributed by atoms with E-state index in [0.717, 1.165) is 34.1 Å². The van der Waals surface area contributed by atoms with E-state index in [-0.39, 0.29) is 12.8 Å². The number of carbonyl (C=O) groups is 6. The van der Waals surface area contributed by atoms with Gasteiger partial charge >= 0.3 is 230 Å². The minimum atomic E-state index is -4.51. The standard InChI is InChI=1S/2C13H11NO4.2CH3.Sn/c2*15-11-6-7-12(16)14(11)10(13(17)18)8-9-4-2-1-3-5-9;;;/h2*1-7,10H,8H2,(H,17,18);2*1H3;/q;;;;+2/p-2. The molecule has 0 saturated carbocycles. The van der Waals surface area contributed by atoms with Crippen LogP contribution in [0.2, 0.25) is 9.88 Å². The number of rotatable bonds is 10. The van der Waals surface area contributed by atoms with Crippen LogP contribution in [-0.4, -0.2) is 76.7 Å². The molecule has 39 heavy (non-hydrogen) atoms. The van der Waals surface area contributed by atoms with E-state index in [0.29, 0.717) is 11.1 Å². The van der Waals surface area contributed by atoms with Gasteiger partial charge in [-0.05, 0) is 0 Å². The molecule has 0 radical (unpaired) electrons. The monoisotopic (exact) mass is 638 g/mol. The predicted molar refractivity (Wildman–Crippen MR) is 140 cm³/mol. The summed E-state index contributed by atoms with van der Waals surface area (Å²) in [6.07, 6.45) is 4.33. The molecule has 0 N–H and O–H groups in total. The molecular weight excluding hydrogens is 611 g/mol. The summed E-state index contributed by atoms with van der Waals surface area (Å²) in [5, 5.41) is 0. The van der Waals surface area contributed by atoms with Crippen molar-refractivity contribution in [3.05, 3.63) is 96.1 Å². The molecule has 4 rings (SSSR count). The summed E-state index contributed by atoms with van der Waals surface area (Å²) >= 11 is -4.51. The van der Waals surface area contributed by atoms with Gasteiger partial charge in [0.25, 0.3) is 0 Å². The summed E-state index contributed by atoms with van der Waals surface area (Å²) in [7, 11) is 0. The Hall–Kier alpha value is -4.06. The fourth-order valence-electron chi connectivity index (χ4n) is 4.31. The van der Waals surface area contributed by atoms with Crippen molar-refractivity contribution < 1.29 is 34.9 Å². The van der Waals surface area contributed by atoms with E-state index in [1.54, 1.807) is 60.7 Å². The Kier molecular flexibility index (Phi) is 8.44. The van der Waals surface area contributed by atoms with Crippen LogP contribution in [0.15, 0.2) is 85.0 Å². The van der Waals surface area contributed by atoms with Crippen molar-refractivity contribution in [2.45, 2.75) is 34.8 Å². The van der Waals surface area contributed by atoms with Gasteiger partial charge in [0.2, 0.25) is 0 Å². The molecule has 200 valence electrons. The van der Waals surface area contributed by atoms with Gasteiger partial charge in [-0.2, -0.15) is 0 Å². The van der Waals surface area contributed by atoms with Gasteiger partial charge in [-0.1, -0.05) is 0 Å². The Labute approximate surface area is 229 Å². The summed E-state index contributed by atoms with van der Waals surface area (Å²) in [5.41, 5.74) is 1.39. The molecule has 0 saturated heterocycles. The second-order valence-corrected chi connectivity index (χ2v) is 18.6. The van der Waals surface area contributed by atoms with Crippen LogP contribution in [0.3, 0.4) is 0 Å². The van der Waals surface area contributed by atoms with E-state index in [2.05, 4.69) is 0 Å². The third-order valence-corrected chi connectivity index (χ3v) is 10.0. The zero-order valence-corrected chi connectivity index (χ0v) is 24.2. The molecule has 2 aliphatic rings. The summed E-state index contributed by atoms with van der Waals surface area (Å²) in [6.45, 7) is 0. The molecule has 2 aliphatic heterocycles. The Morgan fingerprint density at radius 2 is 0.923 bits per heavy atom. The fraction of sp³-hybridized carbons (Fsp3) is 0.214. The maximum atomic E-state index is 13.4. The zero-order valence-electron chi connectivity index (χ0n) is 21.3. The molecular formula is C28H26N2O8Sn. The number of hydrogen-bond donors (Lipinski definition) is 0. The van der Waals surface area contributed by atoms with Crippen LogP contribution in [0.1, 0.15) is 11.1 Å². The van der Waals surface area contributed by atoms with Gasteiger partial charge in [0.1, 0.15) is 0 Å². The van der Waals surface area contributed by atoms with Crippen molar-refractivity contribution in [1.82, 2.24) is 9.80 Å². The maximum absolute atomic E-state index is 13.4. The molecule has 2 aromatic rings. The van der Waals surface area contributed by atoms with E-state index >= 15 is 0 Å². The normalized spacial score (nSPS) is 16.6. The van der Waals surface area contributed by atoms with E-state index < -0.39 is 66.9 Å². The average Bonchev–Trinajstić information content (AvgIpc) is 3.41. The van der Waals surface area contributed by atoms with Crippen LogP contribution in [0, 0.1) is 0 Å². The third-order valence-electron chi connectivity index (χ3n) is 6.09. The van der Waals surface area contributed by atoms with Gasteiger partial charge in [0, 0.05) is 0 Å². The van der Waals surface area contributed by atoms with Crippen LogP contribution in [0.4, 0.5) is 0 Å². The number of nitrogens with zero attached hydrogens (tertiary/aromatic N) is 2. The summed E-state index contributed by atoms with van der Waals surface area (Å²) in [6, 6.07) is 15.1. The first-order valence-corrected chi connectivity index (χ1v) is 20.2. The zero-order chi connectivity index (χ0) is 28.2. The molecule has 0 fully saturated rings. The topological polar surface area (TPSA) is 127 Å². The quantitative estimate of drug-likeness (QED) is 0.286. The van der Waals surface area contributed by atoms with Crippen LogP contribution in [0.5, 0.6) is 0 Å². The fourth-order valence-corrected chi connectivity index (χ4v) is 7.98. The van der Waals surface area contributed by atoms with Gasteiger partial charge in [0.15, 0.2) is 0 Å². The van der Waals surface area contributed by atoms with Crippen LogP contribution in [-0.2, 0) is 47.8 Å². The summed E-state index contributed by atoms with van der Waals surface area (Å²) in [5.74, 6) is -4.36. The molecule has 0 bridgehead atoms. The number of carbonyl (C=O) groups excluding carboxylic acids is 6. The first-order valence-electron chi connectivity index (χ1n) is 12.2. The van der Waals surface area contributed by atoms with Gasteiger partial charge in [-0.25, -0.2) is 0 Å². The van der Waals surface area contributed by atoms with Gasteiger partial charge in [0.05, 0.1) is 0 Å². The molecule has 4 amide bonds. The van der Waals surface area contributed by atoms with Crippen LogP contribution >= 0.6 is 0 Å². The van der Waals surface area contributed by atoms with Crippen LogP contribution < -0.4 is 0 Å². The van der Waals surface area contributed by atoms with Crippen LogP contribution in [0.25, 0.3) is 0 Å². The molecule has 0 spiro atoms. The van der Waals surface area contributed by atoms with Gasteiger partial charge in [-0.15, -0.1) is 0 Å². The van der Waals surface area contributed by atoms with Gasteiger partial charge < -0.3 is 0 Å². The molecule has 0 aliphatic carbocycles. The van der Waals surface area contributed by atoms with E-state index in [4.69, 9.17) is 6.15 Å². The molecule has 2 heterocycles. The summed E-state index contributed by atoms with van der Waals surface area (Å²) in [4.78, 5) is 81.0. The Morgan fingerprint density at radius 1 is 0.615 bits per heavy atom. The first kappa shape index (κ1) is 28.0. The number of imide groups is 2. The van der Waals surface area contributed by atoms with Crippen molar-refractivity contribution in [3.63, 3.8) is 0 Å². The average molecular weight is 637 g/mol. The summed E-state index contributed by atoms with van der Waals surface area (Å²) < 4.78 is 11.4. The Morgan fingerprint density at radius 3 is 1.23 bits per heavy atom. The number of hydrogen-bond acceptors (Lipinski definition) is 8. The minimum absolute atomic E-state index is 0.00775.